The van der Waals surface area contributed by atoms with Crippen molar-refractivity contribution in [3.8, 4) is 0 Å². The summed E-state index contributed by atoms with van der Waals surface area (Å²) in [5.41, 5.74) is 0. The molecule has 1 rings (SSSR count). The number of Topliss-reactive ketones (excluding diaryl/α,β-unsaturated/α-hetero) is 1. The Bertz CT molecular complexity index is 275. The van der Waals surface area contributed by atoms with Gasteiger partial charge in [0.15, 0.2) is 0 Å². The van der Waals surface area contributed by atoms with Crippen LogP contribution in [0.15, 0.2) is 0 Å². The van der Waals surface area contributed by atoms with Gasteiger partial charge in [-0.3, -0.25) is 9.59 Å². The van der Waals surface area contributed by atoms with Crippen LogP contribution in [0.5, 0.6) is 0 Å². The van der Waals surface area contributed by atoms with Gasteiger partial charge in [-0.2, -0.15) is 0 Å². The summed E-state index contributed by atoms with van der Waals surface area (Å²) >= 11 is 0. The number of carbonyl (C=O) groups is 3. The van der Waals surface area contributed by atoms with Crippen LogP contribution in [-0.4, -0.2) is 30.3 Å². The second-order valence-electron chi connectivity index (χ2n) is 3.54. The molecule has 0 radical (unpaired) electrons. The molecule has 1 aliphatic rings. The largest absolute Gasteiger partial charge is 0.464 e. The van der Waals surface area contributed by atoms with E-state index in [0.29, 0.717) is 19.4 Å². The summed E-state index contributed by atoms with van der Waals surface area (Å²) in [5.74, 6) is -0.898. The predicted octanol–water partition coefficient (Wildman–Crippen LogP) is 0.177. The molecule has 15 heavy (non-hydrogen) atoms. The molecule has 1 fully saturated rings. The number of hydrogen-bond donors (Lipinski definition) is 1. The molecule has 1 N–H and O–H groups in total. The fraction of sp³-hybridized carbons (Fsp3) is 0.700. The Hall–Kier alpha value is -1.39. The van der Waals surface area contributed by atoms with E-state index in [1.165, 1.54) is 0 Å². The second-order valence-corrected chi connectivity index (χ2v) is 3.54. The second kappa shape index (κ2) is 5.48. The molecular formula is C10H15NO4. The maximum absolute atomic E-state index is 11.3. The van der Waals surface area contributed by atoms with E-state index in [0.717, 1.165) is 6.42 Å². The van der Waals surface area contributed by atoms with Gasteiger partial charge in [0.05, 0.1) is 13.0 Å². The lowest BCUT2D eigenvalue weighted by atomic mass is 10.1. The van der Waals surface area contributed by atoms with Crippen molar-refractivity contribution in [1.29, 1.82) is 0 Å². The molecule has 1 unspecified atom stereocenters. The van der Waals surface area contributed by atoms with Crippen LogP contribution in [0.3, 0.4) is 0 Å². The van der Waals surface area contributed by atoms with Crippen molar-refractivity contribution >= 4 is 17.7 Å². The average molecular weight is 213 g/mol. The normalized spacial score (nSPS) is 19.8. The first kappa shape index (κ1) is 11.7. The van der Waals surface area contributed by atoms with E-state index in [2.05, 4.69) is 10.1 Å². The highest BCUT2D eigenvalue weighted by Crippen LogP contribution is 2.06. The van der Waals surface area contributed by atoms with Crippen LogP contribution in [0.2, 0.25) is 0 Å². The minimum absolute atomic E-state index is 0.0960. The zero-order chi connectivity index (χ0) is 11.3. The molecule has 1 saturated heterocycles. The van der Waals surface area contributed by atoms with Gasteiger partial charge >= 0.3 is 5.97 Å². The number of rotatable bonds is 5. The fourth-order valence-corrected chi connectivity index (χ4v) is 1.42. The summed E-state index contributed by atoms with van der Waals surface area (Å²) in [7, 11) is 0. The van der Waals surface area contributed by atoms with Gasteiger partial charge in [0.1, 0.15) is 11.8 Å². The zero-order valence-corrected chi connectivity index (χ0v) is 8.75. The minimum Gasteiger partial charge on any atom is -0.464 e. The number of ketones is 1. The lowest BCUT2D eigenvalue weighted by molar-refractivity contribution is -0.142. The number of esters is 1. The van der Waals surface area contributed by atoms with Crippen LogP contribution in [0.1, 0.15) is 32.6 Å². The molecule has 0 aromatic heterocycles. The van der Waals surface area contributed by atoms with Crippen LogP contribution in [-0.2, 0) is 19.1 Å². The van der Waals surface area contributed by atoms with Gasteiger partial charge in [0.2, 0.25) is 5.91 Å². The van der Waals surface area contributed by atoms with E-state index in [1.54, 1.807) is 0 Å². The summed E-state index contributed by atoms with van der Waals surface area (Å²) in [4.78, 5) is 33.4. The van der Waals surface area contributed by atoms with Crippen molar-refractivity contribution in [2.45, 2.75) is 38.6 Å². The molecule has 0 aliphatic carbocycles. The lowest BCUT2D eigenvalue weighted by Gasteiger charge is -2.07. The third-order valence-electron chi connectivity index (χ3n) is 2.16. The third-order valence-corrected chi connectivity index (χ3v) is 2.16. The first-order valence-electron chi connectivity index (χ1n) is 5.11. The van der Waals surface area contributed by atoms with Gasteiger partial charge in [0, 0.05) is 12.8 Å². The van der Waals surface area contributed by atoms with Gasteiger partial charge in [-0.1, -0.05) is 6.92 Å². The van der Waals surface area contributed by atoms with Gasteiger partial charge < -0.3 is 10.1 Å². The maximum Gasteiger partial charge on any atom is 0.328 e. The summed E-state index contributed by atoms with van der Waals surface area (Å²) in [6.45, 7) is 2.22. The molecule has 84 valence electrons. The molecule has 1 aliphatic heterocycles. The van der Waals surface area contributed by atoms with Crippen LogP contribution in [0, 0.1) is 0 Å². The van der Waals surface area contributed by atoms with Crippen molar-refractivity contribution in [2.24, 2.45) is 0 Å². The molecule has 1 heterocycles. The molecule has 5 heteroatoms. The quantitative estimate of drug-likeness (QED) is 0.522. The Morgan fingerprint density at radius 2 is 2.27 bits per heavy atom. The van der Waals surface area contributed by atoms with E-state index >= 15 is 0 Å². The fourth-order valence-electron chi connectivity index (χ4n) is 1.42. The predicted molar refractivity (Wildman–Crippen MR) is 52.0 cm³/mol. The Balaban J connectivity index is 2.29. The Morgan fingerprint density at radius 1 is 1.53 bits per heavy atom. The molecule has 1 amide bonds. The number of cyclic esters (lactones) is 1. The van der Waals surface area contributed by atoms with Crippen molar-refractivity contribution in [3.05, 3.63) is 0 Å². The molecule has 0 aromatic rings. The summed E-state index contributed by atoms with van der Waals surface area (Å²) in [6, 6.07) is -0.563. The molecule has 5 nitrogen and oxygen atoms in total. The number of nitrogens with one attached hydrogen (secondary N) is 1. The standard InChI is InChI=1S/C10H15NO4/c1-2-3-7(12)6-9(13)11-8-4-5-15-10(8)14/h8H,2-6H2,1H3,(H,11,13). The van der Waals surface area contributed by atoms with Gasteiger partial charge in [-0.15, -0.1) is 0 Å². The number of amides is 1. The van der Waals surface area contributed by atoms with E-state index in [-0.39, 0.29) is 12.2 Å². The highest BCUT2D eigenvalue weighted by molar-refractivity contribution is 5.99. The monoisotopic (exact) mass is 213 g/mol. The Kier molecular flexibility index (Phi) is 4.27. The summed E-state index contributed by atoms with van der Waals surface area (Å²) in [6.07, 6.45) is 1.49. The zero-order valence-electron chi connectivity index (χ0n) is 8.75. The van der Waals surface area contributed by atoms with Crippen LogP contribution in [0.25, 0.3) is 0 Å². The smallest absolute Gasteiger partial charge is 0.328 e. The van der Waals surface area contributed by atoms with Crippen LogP contribution in [0.4, 0.5) is 0 Å². The Labute approximate surface area is 88.2 Å². The summed E-state index contributed by atoms with van der Waals surface area (Å²) in [5, 5.41) is 2.48. The van der Waals surface area contributed by atoms with Crippen molar-refractivity contribution in [1.82, 2.24) is 5.32 Å². The first-order chi connectivity index (χ1) is 7.13. The molecule has 0 aromatic carbocycles. The van der Waals surface area contributed by atoms with Gasteiger partial charge in [-0.25, -0.2) is 4.79 Å². The Morgan fingerprint density at radius 3 is 2.80 bits per heavy atom. The van der Waals surface area contributed by atoms with Crippen molar-refractivity contribution < 1.29 is 19.1 Å². The van der Waals surface area contributed by atoms with Gasteiger partial charge in [-0.05, 0) is 6.42 Å². The number of carbonyl (C=O) groups excluding carboxylic acids is 3. The number of hydrogen-bond acceptors (Lipinski definition) is 4. The summed E-state index contributed by atoms with van der Waals surface area (Å²) < 4.78 is 4.68. The molecule has 0 bridgehead atoms. The molecule has 1 atom stereocenters. The molecule has 0 spiro atoms. The SMILES string of the molecule is CCCC(=O)CC(=O)NC1CCOC1=O. The van der Waals surface area contributed by atoms with E-state index < -0.39 is 17.9 Å². The maximum atomic E-state index is 11.3. The van der Waals surface area contributed by atoms with E-state index in [4.69, 9.17) is 0 Å². The minimum atomic E-state index is -0.563. The lowest BCUT2D eigenvalue weighted by Crippen LogP contribution is -2.38. The topological polar surface area (TPSA) is 72.5 Å². The first-order valence-corrected chi connectivity index (χ1v) is 5.11. The van der Waals surface area contributed by atoms with Crippen LogP contribution < -0.4 is 5.32 Å². The number of ether oxygens (including phenoxy) is 1. The average Bonchev–Trinajstić information content (AvgIpc) is 2.52. The highest BCUT2D eigenvalue weighted by atomic mass is 16.5. The molecular weight excluding hydrogens is 198 g/mol. The van der Waals surface area contributed by atoms with Crippen molar-refractivity contribution in [3.63, 3.8) is 0 Å². The van der Waals surface area contributed by atoms with E-state index in [1.807, 2.05) is 6.92 Å². The molecule has 0 saturated carbocycles. The van der Waals surface area contributed by atoms with Crippen LogP contribution >= 0.6 is 0 Å². The van der Waals surface area contributed by atoms with Crippen molar-refractivity contribution in [2.75, 3.05) is 6.61 Å². The van der Waals surface area contributed by atoms with E-state index in [9.17, 15) is 14.4 Å². The van der Waals surface area contributed by atoms with Gasteiger partial charge in [0.25, 0.3) is 0 Å². The highest BCUT2D eigenvalue weighted by Gasteiger charge is 2.28. The third kappa shape index (κ3) is 3.69.